The molecule has 16 aromatic rings. The van der Waals surface area contributed by atoms with E-state index in [1.165, 1.54) is 82.9 Å². The summed E-state index contributed by atoms with van der Waals surface area (Å²) >= 11 is 0. The van der Waals surface area contributed by atoms with E-state index in [4.69, 9.17) is 10.2 Å². The van der Waals surface area contributed by atoms with Crippen molar-refractivity contribution in [3.05, 3.63) is 394 Å². The molecule has 111 heavy (non-hydrogen) atoms. The predicted octanol–water partition coefficient (Wildman–Crippen LogP) is 22.1. The number of benzene rings is 10. The molecule has 0 aliphatic rings. The minimum Gasteiger partial charge on any atom is -0.512 e. The Bertz CT molecular complexity index is 5090. The first-order chi connectivity index (χ1) is 51.1. The van der Waals surface area contributed by atoms with Crippen LogP contribution < -0.4 is 0 Å². The average molecular weight is 2540 g/mol. The maximum atomic E-state index is 12.2. The molecule has 0 unspecified atom stereocenters. The largest absolute Gasteiger partial charge is 0.512 e. The maximum absolute atomic E-state index is 12.2. The van der Waals surface area contributed by atoms with E-state index < -0.39 is 11.7 Å². The van der Waals surface area contributed by atoms with Gasteiger partial charge in [-0.05, 0) is 131 Å². The molecule has 11 nitrogen and oxygen atoms in total. The van der Waals surface area contributed by atoms with E-state index in [1.807, 2.05) is 237 Å². The number of para-hydroxylation sites is 2. The molecule has 0 aliphatic carbocycles. The summed E-state index contributed by atoms with van der Waals surface area (Å²) in [5, 5.41) is 27.7. The van der Waals surface area contributed by atoms with Crippen LogP contribution in [0.4, 0.5) is 13.2 Å². The molecule has 574 valence electrons. The number of aliphatic hydroxyl groups excluding tert-OH is 2. The number of hydrogen-bond acceptors (Lipinski definition) is 10. The number of aliphatic hydroxyl groups is 2. The summed E-state index contributed by atoms with van der Waals surface area (Å²) in [4.78, 5) is 42.4. The van der Waals surface area contributed by atoms with Crippen LogP contribution in [0.3, 0.4) is 0 Å². The third-order valence-corrected chi connectivity index (χ3v) is 14.8. The second-order valence-electron chi connectivity index (χ2n) is 22.8. The number of aromatic nitrogens is 7. The van der Waals surface area contributed by atoms with Crippen LogP contribution in [0.25, 0.3) is 105 Å². The smallest absolute Gasteiger partial charge is 0.370 e. The van der Waals surface area contributed by atoms with Crippen molar-refractivity contribution >= 4 is 54.9 Å². The van der Waals surface area contributed by atoms with Crippen molar-refractivity contribution in [3.63, 3.8) is 0 Å². The molecule has 2 N–H and O–H groups in total. The van der Waals surface area contributed by atoms with Crippen LogP contribution in [0.15, 0.2) is 352 Å². The summed E-state index contributed by atoms with van der Waals surface area (Å²) in [6.45, 7) is 5.70. The van der Waals surface area contributed by atoms with Crippen molar-refractivity contribution in [3.8, 4) is 62.0 Å². The second kappa shape index (κ2) is 51.0. The number of hydrogen-bond donors (Lipinski definition) is 2. The third kappa shape index (κ3) is 31.5. The summed E-state index contributed by atoms with van der Waals surface area (Å²) < 4.78 is 38.1. The van der Waals surface area contributed by atoms with Crippen LogP contribution in [0, 0.1) is 36.4 Å². The van der Waals surface area contributed by atoms with Gasteiger partial charge in [-0.25, -0.2) is 0 Å². The maximum Gasteiger partial charge on any atom is 0.370 e. The SMILES string of the molecule is CC(=O)C=C(C)O.CC(=O)C=C(C)O.FC(F)(F)c1c[c-]c(-n2cccn2)cc1.[Ir].[Ir].[Ir].[Ir].[Ir].[Ir].[c-]1ccccc1-c1ccc2ccccc2n1.[c-]1ccccc1-c1ccc2ccccc2n1.[c-]1ccccc1-c1ccccn1.[c-]1ccccc1-c1nccc2ccccc12.[c-]1ccccc1-c1nccc2ccccc12. The molecule has 0 bridgehead atoms. The van der Waals surface area contributed by atoms with E-state index in [0.717, 1.165) is 79.5 Å². The standard InChI is InChI=1S/4C15H10N.C11H8N.C10H6F3N2.2C5H8O2.6Ir/c2*1-2-7-13(8-3-1)15-14-9-5-4-6-12(14)10-11-16-15;2*1-2-6-12(7-3-1)15-11-10-13-8-4-5-9-14(13)16-15;1-2-6-10(7-3-1)11-8-4-5-9-12-11;11-10(12,13)8-2-4-9(5-3-8)15-7-1-6-14-15;2*1-4(6)3-5(2)7;;;;;;/h2*1-7,9-11H;2*1-6,8-11H;1-6,8-9H;1-4,6-7H;2*3,6H,1-2H3;;;;;;/q6*-1;;;;;;;;. The van der Waals surface area contributed by atoms with Gasteiger partial charge in [-0.3, -0.25) is 24.2 Å². The first-order valence-electron chi connectivity index (χ1n) is 33.1. The Hall–Kier alpha value is -9.69. The Morgan fingerprint density at radius 1 is 0.360 bits per heavy atom. The van der Waals surface area contributed by atoms with Crippen molar-refractivity contribution in [2.24, 2.45) is 0 Å². The van der Waals surface area contributed by atoms with Gasteiger partial charge in [-0.15, -0.1) is 186 Å². The Balaban J connectivity index is 0.000000331. The normalized spacial score (nSPS) is 10.1. The molecule has 6 aromatic heterocycles. The topological polar surface area (TPSA) is 157 Å². The number of pyridine rings is 5. The summed E-state index contributed by atoms with van der Waals surface area (Å²) in [5.41, 5.74) is 11.9. The van der Waals surface area contributed by atoms with Gasteiger partial charge in [0.05, 0.1) is 22.6 Å². The summed E-state index contributed by atoms with van der Waals surface area (Å²) in [6, 6.07) is 114. The monoisotopic (exact) mass is 2540 g/mol. The van der Waals surface area contributed by atoms with Gasteiger partial charge in [0.15, 0.2) is 11.6 Å². The van der Waals surface area contributed by atoms with Gasteiger partial charge in [-0.1, -0.05) is 127 Å². The fourth-order valence-corrected chi connectivity index (χ4v) is 10.1. The van der Waals surface area contributed by atoms with E-state index in [9.17, 15) is 22.8 Å². The van der Waals surface area contributed by atoms with E-state index in [1.54, 1.807) is 24.7 Å². The van der Waals surface area contributed by atoms with Gasteiger partial charge in [0.2, 0.25) is 0 Å². The molecule has 0 aliphatic heterocycles. The zero-order chi connectivity index (χ0) is 74.0. The van der Waals surface area contributed by atoms with Gasteiger partial charge in [0, 0.05) is 164 Å². The molecule has 20 heteroatoms. The molecule has 6 radical (unpaired) electrons. The van der Waals surface area contributed by atoms with E-state index >= 15 is 0 Å². The van der Waals surface area contributed by atoms with Gasteiger partial charge in [-0.2, -0.15) is 36.5 Å². The average Bonchev–Trinajstić information content (AvgIpc) is 1.75. The Labute approximate surface area is 725 Å². The minimum atomic E-state index is -4.32. The number of halogens is 3. The molecular weight excluding hydrogens is 2470 g/mol. The zero-order valence-electron chi connectivity index (χ0n) is 59.8. The summed E-state index contributed by atoms with van der Waals surface area (Å²) in [6.07, 6.45) is 6.68. The Morgan fingerprint density at radius 2 is 0.739 bits per heavy atom. The number of rotatable bonds is 8. The minimum absolute atomic E-state index is 0. The molecule has 0 spiro atoms. The van der Waals surface area contributed by atoms with Crippen LogP contribution in [-0.4, -0.2) is 56.5 Å². The van der Waals surface area contributed by atoms with Crippen LogP contribution in [0.1, 0.15) is 33.3 Å². The number of alkyl halides is 3. The molecule has 0 saturated carbocycles. The van der Waals surface area contributed by atoms with Gasteiger partial charge < -0.3 is 25.2 Å². The number of carbonyl (C=O) groups is 2. The molecule has 0 atom stereocenters. The Morgan fingerprint density at radius 3 is 1.07 bits per heavy atom. The van der Waals surface area contributed by atoms with Crippen molar-refractivity contribution in [2.45, 2.75) is 33.9 Å². The van der Waals surface area contributed by atoms with Gasteiger partial charge >= 0.3 is 6.18 Å². The second-order valence-corrected chi connectivity index (χ2v) is 22.8. The molecular formula is C91H70F3Ir6N7O4-6. The predicted molar refractivity (Wildman–Crippen MR) is 414 cm³/mol. The van der Waals surface area contributed by atoms with Crippen molar-refractivity contribution < 1.29 is 154 Å². The summed E-state index contributed by atoms with van der Waals surface area (Å²) in [7, 11) is 0. The molecule has 16 rings (SSSR count). The molecule has 10 aromatic carbocycles. The molecule has 6 heterocycles. The number of ketones is 2. The number of nitrogens with zero attached hydrogens (tertiary/aromatic N) is 7. The van der Waals surface area contributed by atoms with Gasteiger partial charge in [0.25, 0.3) is 0 Å². The molecule has 0 saturated heterocycles. The third-order valence-electron chi connectivity index (χ3n) is 14.8. The first-order valence-corrected chi connectivity index (χ1v) is 33.1. The Kier molecular flexibility index (Phi) is 43.9. The molecule has 0 fully saturated rings. The van der Waals surface area contributed by atoms with Crippen LogP contribution in [0.5, 0.6) is 0 Å². The van der Waals surface area contributed by atoms with Crippen LogP contribution in [0.2, 0.25) is 0 Å². The zero-order valence-corrected chi connectivity index (χ0v) is 74.2. The fourth-order valence-electron chi connectivity index (χ4n) is 10.1. The first kappa shape index (κ1) is 95.5. The van der Waals surface area contributed by atoms with E-state index in [-0.39, 0.29) is 144 Å². The quantitative estimate of drug-likeness (QED) is 0.0853. The van der Waals surface area contributed by atoms with Crippen LogP contribution >= 0.6 is 0 Å². The summed E-state index contributed by atoms with van der Waals surface area (Å²) in [5.74, 6) is -0.125. The fraction of sp³-hybridized carbons (Fsp3) is 0.0549. The number of allylic oxidation sites excluding steroid dienone is 4. The number of fused-ring (bicyclic) bond motifs is 4. The van der Waals surface area contributed by atoms with Crippen LogP contribution in [-0.2, 0) is 136 Å². The van der Waals surface area contributed by atoms with Crippen molar-refractivity contribution in [1.29, 1.82) is 0 Å². The van der Waals surface area contributed by atoms with Crippen molar-refractivity contribution in [1.82, 2.24) is 34.7 Å². The molecule has 0 amide bonds. The van der Waals surface area contributed by atoms with Gasteiger partial charge in [0.1, 0.15) is 0 Å². The van der Waals surface area contributed by atoms with Crippen molar-refractivity contribution in [2.75, 3.05) is 0 Å². The van der Waals surface area contributed by atoms with E-state index in [0.29, 0.717) is 5.69 Å². The number of carbonyl (C=O) groups excluding carboxylic acids is 2. The van der Waals surface area contributed by atoms with E-state index in [2.05, 4.69) is 115 Å².